The second kappa shape index (κ2) is 5.23. The van der Waals surface area contributed by atoms with Gasteiger partial charge in [-0.15, -0.1) is 11.3 Å². The maximum atomic E-state index is 13.7. The van der Waals surface area contributed by atoms with Gasteiger partial charge in [-0.25, -0.2) is 13.6 Å². The Morgan fingerprint density at radius 3 is 2.68 bits per heavy atom. The van der Waals surface area contributed by atoms with Gasteiger partial charge < -0.3 is 15.4 Å². The summed E-state index contributed by atoms with van der Waals surface area (Å²) in [5.41, 5.74) is -0.283. The Kier molecular flexibility index (Phi) is 3.38. The van der Waals surface area contributed by atoms with E-state index in [1.807, 2.05) is 0 Å². The van der Waals surface area contributed by atoms with Gasteiger partial charge in [-0.1, -0.05) is 0 Å². The van der Waals surface area contributed by atoms with Gasteiger partial charge in [0.1, 0.15) is 21.3 Å². The lowest BCUT2D eigenvalue weighted by Gasteiger charge is -2.08. The van der Waals surface area contributed by atoms with E-state index >= 15 is 0 Å². The highest BCUT2D eigenvalue weighted by Gasteiger charge is 2.19. The minimum Gasteiger partial charge on any atom is -0.477 e. The summed E-state index contributed by atoms with van der Waals surface area (Å²) in [5, 5.41) is 12.3. The summed E-state index contributed by atoms with van der Waals surface area (Å²) in [6, 6.07) is 5.61. The highest BCUT2D eigenvalue weighted by molar-refractivity contribution is 7.21. The van der Waals surface area contributed by atoms with Gasteiger partial charge in [-0.05, 0) is 18.2 Å². The normalized spacial score (nSPS) is 10.8. The van der Waals surface area contributed by atoms with Gasteiger partial charge >= 0.3 is 5.97 Å². The molecule has 0 aliphatic rings. The van der Waals surface area contributed by atoms with Crippen LogP contribution in [0.5, 0.6) is 0 Å². The number of pyridine rings is 1. The van der Waals surface area contributed by atoms with Gasteiger partial charge in [-0.2, -0.15) is 0 Å². The van der Waals surface area contributed by atoms with Crippen molar-refractivity contribution in [2.45, 2.75) is 0 Å². The smallest absolute Gasteiger partial charge is 0.348 e. The van der Waals surface area contributed by atoms with Crippen LogP contribution in [0.4, 0.5) is 20.2 Å². The number of H-pyrrole nitrogens is 1. The molecule has 0 saturated carbocycles. The molecule has 2 heterocycles. The molecule has 0 fully saturated rings. The predicted octanol–water partition coefficient (Wildman–Crippen LogP) is 3.31. The molecule has 0 aliphatic heterocycles. The number of carboxylic acid groups (broad SMARTS) is 1. The van der Waals surface area contributed by atoms with E-state index in [-0.39, 0.29) is 21.8 Å². The number of halogens is 2. The zero-order valence-electron chi connectivity index (χ0n) is 10.8. The van der Waals surface area contributed by atoms with E-state index in [1.165, 1.54) is 18.2 Å². The second-order valence-corrected chi connectivity index (χ2v) is 5.45. The van der Waals surface area contributed by atoms with Crippen molar-refractivity contribution in [3.05, 3.63) is 57.2 Å². The van der Waals surface area contributed by atoms with Gasteiger partial charge in [0.25, 0.3) is 0 Å². The Balaban J connectivity index is 2.18. The number of thiophene rings is 1. The molecule has 5 nitrogen and oxygen atoms in total. The van der Waals surface area contributed by atoms with Crippen molar-refractivity contribution in [1.29, 1.82) is 0 Å². The van der Waals surface area contributed by atoms with Crippen molar-refractivity contribution < 1.29 is 18.7 Å². The molecule has 0 atom stereocenters. The van der Waals surface area contributed by atoms with Crippen LogP contribution in [-0.4, -0.2) is 16.1 Å². The maximum Gasteiger partial charge on any atom is 0.348 e. The van der Waals surface area contributed by atoms with E-state index in [0.29, 0.717) is 16.3 Å². The van der Waals surface area contributed by atoms with Gasteiger partial charge in [0.15, 0.2) is 0 Å². The average molecular weight is 322 g/mol. The van der Waals surface area contributed by atoms with Gasteiger partial charge in [0.05, 0.1) is 11.4 Å². The molecule has 112 valence electrons. The zero-order valence-corrected chi connectivity index (χ0v) is 11.6. The molecule has 0 radical (unpaired) electrons. The van der Waals surface area contributed by atoms with E-state index in [4.69, 9.17) is 0 Å². The number of hydrogen-bond donors (Lipinski definition) is 3. The van der Waals surface area contributed by atoms with Crippen molar-refractivity contribution in [3.8, 4) is 0 Å². The van der Waals surface area contributed by atoms with Crippen molar-refractivity contribution >= 4 is 38.9 Å². The standard InChI is InChI=1S/C14H8F2N2O3S/c15-6-1-3-9(8(16)5-6)17-11-7-2-4-10(19)18-13(7)22-12(11)14(20)21/h1-5,17H,(H,18,19)(H,20,21). The summed E-state index contributed by atoms with van der Waals surface area (Å²) in [7, 11) is 0. The third-order valence-corrected chi connectivity index (χ3v) is 4.08. The van der Waals surface area contributed by atoms with Crippen molar-refractivity contribution in [2.75, 3.05) is 5.32 Å². The van der Waals surface area contributed by atoms with Crippen LogP contribution in [0.25, 0.3) is 10.2 Å². The third-order valence-electron chi connectivity index (χ3n) is 2.97. The summed E-state index contributed by atoms with van der Waals surface area (Å²) in [6.45, 7) is 0. The Morgan fingerprint density at radius 1 is 1.23 bits per heavy atom. The highest BCUT2D eigenvalue weighted by atomic mass is 32.1. The fraction of sp³-hybridized carbons (Fsp3) is 0. The SMILES string of the molecule is O=C(O)c1sc2[nH]c(=O)ccc2c1Nc1ccc(F)cc1F. The van der Waals surface area contributed by atoms with Crippen LogP contribution in [0, 0.1) is 11.6 Å². The lowest BCUT2D eigenvalue weighted by atomic mass is 10.2. The first-order chi connectivity index (χ1) is 10.5. The topological polar surface area (TPSA) is 82.2 Å². The van der Waals surface area contributed by atoms with E-state index in [1.54, 1.807) is 0 Å². The number of benzene rings is 1. The number of aromatic carboxylic acids is 1. The van der Waals surface area contributed by atoms with Crippen molar-refractivity contribution in [1.82, 2.24) is 4.98 Å². The Hall–Kier alpha value is -2.74. The first-order valence-corrected chi connectivity index (χ1v) is 6.88. The minimum absolute atomic E-state index is 0.0604. The molecule has 0 bridgehead atoms. The van der Waals surface area contributed by atoms with Crippen LogP contribution in [0.2, 0.25) is 0 Å². The number of rotatable bonds is 3. The number of hydrogen-bond acceptors (Lipinski definition) is 4. The molecule has 2 aromatic heterocycles. The first-order valence-electron chi connectivity index (χ1n) is 6.07. The van der Waals surface area contributed by atoms with Crippen molar-refractivity contribution in [2.24, 2.45) is 0 Å². The molecule has 3 N–H and O–H groups in total. The third kappa shape index (κ3) is 2.44. The summed E-state index contributed by atoms with van der Waals surface area (Å²) < 4.78 is 26.7. The number of aromatic nitrogens is 1. The fourth-order valence-corrected chi connectivity index (χ4v) is 2.99. The van der Waals surface area contributed by atoms with Gasteiger partial charge in [-0.3, -0.25) is 4.79 Å². The molecule has 3 rings (SSSR count). The van der Waals surface area contributed by atoms with Crippen LogP contribution in [0.3, 0.4) is 0 Å². The van der Waals surface area contributed by atoms with Crippen LogP contribution in [0.1, 0.15) is 9.67 Å². The molecule has 8 heteroatoms. The number of carbonyl (C=O) groups is 1. The Morgan fingerprint density at radius 2 is 2.00 bits per heavy atom. The minimum atomic E-state index is -1.22. The van der Waals surface area contributed by atoms with Gasteiger partial charge in [0.2, 0.25) is 5.56 Å². The summed E-state index contributed by atoms with van der Waals surface area (Å²) >= 11 is 0.860. The number of anilines is 2. The van der Waals surface area contributed by atoms with Crippen LogP contribution in [0.15, 0.2) is 35.1 Å². The number of fused-ring (bicyclic) bond motifs is 1. The molecule has 22 heavy (non-hydrogen) atoms. The molecule has 3 aromatic rings. The summed E-state index contributed by atoms with van der Waals surface area (Å²) in [5.74, 6) is -2.80. The molecule has 0 spiro atoms. The molecule has 0 aliphatic carbocycles. The molecule has 0 amide bonds. The molecule has 0 saturated heterocycles. The zero-order chi connectivity index (χ0) is 15.9. The van der Waals surface area contributed by atoms with Gasteiger partial charge in [0, 0.05) is 17.5 Å². The quantitative estimate of drug-likeness (QED) is 0.691. The molecular formula is C14H8F2N2O3S. The van der Waals surface area contributed by atoms with Crippen LogP contribution < -0.4 is 10.9 Å². The largest absolute Gasteiger partial charge is 0.477 e. The Labute approximate surface area is 125 Å². The van der Waals surface area contributed by atoms with E-state index in [0.717, 1.165) is 17.4 Å². The van der Waals surface area contributed by atoms with Crippen LogP contribution >= 0.6 is 11.3 Å². The van der Waals surface area contributed by atoms with E-state index in [2.05, 4.69) is 10.3 Å². The number of carboxylic acids is 1. The Bertz CT molecular complexity index is 949. The van der Waals surface area contributed by atoms with E-state index in [9.17, 15) is 23.5 Å². The summed E-state index contributed by atoms with van der Waals surface area (Å²) in [6.07, 6.45) is 0. The predicted molar refractivity (Wildman–Crippen MR) is 79.0 cm³/mol. The number of aromatic amines is 1. The lowest BCUT2D eigenvalue weighted by Crippen LogP contribution is -2.02. The van der Waals surface area contributed by atoms with E-state index < -0.39 is 17.6 Å². The maximum absolute atomic E-state index is 13.7. The van der Waals surface area contributed by atoms with Crippen molar-refractivity contribution in [3.63, 3.8) is 0 Å². The number of nitrogens with one attached hydrogen (secondary N) is 2. The lowest BCUT2D eigenvalue weighted by molar-refractivity contribution is 0.0703. The second-order valence-electron chi connectivity index (χ2n) is 4.43. The highest BCUT2D eigenvalue weighted by Crippen LogP contribution is 2.36. The fourth-order valence-electron chi connectivity index (χ4n) is 2.01. The summed E-state index contributed by atoms with van der Waals surface area (Å²) in [4.78, 5) is 25.4. The monoisotopic (exact) mass is 322 g/mol. The molecular weight excluding hydrogens is 314 g/mol. The average Bonchev–Trinajstić information content (AvgIpc) is 2.80. The van der Waals surface area contributed by atoms with Crippen LogP contribution in [-0.2, 0) is 0 Å². The molecule has 1 aromatic carbocycles. The molecule has 0 unspecified atom stereocenters. The first kappa shape index (κ1) is 14.2.